The Morgan fingerprint density at radius 3 is 2.85 bits per heavy atom. The van der Waals surface area contributed by atoms with Crippen LogP contribution in [0.2, 0.25) is 0 Å². The van der Waals surface area contributed by atoms with E-state index in [1.807, 2.05) is 0 Å². The topological polar surface area (TPSA) is 88.5 Å². The first-order valence-electron chi connectivity index (χ1n) is 5.63. The van der Waals surface area contributed by atoms with E-state index in [1.165, 1.54) is 10.9 Å². The molecule has 2 aromatic rings. The molecule has 0 saturated heterocycles. The third-order valence-electron chi connectivity index (χ3n) is 2.52. The lowest BCUT2D eigenvalue weighted by Crippen LogP contribution is -2.31. The maximum Gasteiger partial charge on any atom is 0.453 e. The zero-order chi connectivity index (χ0) is 14.8. The van der Waals surface area contributed by atoms with Gasteiger partial charge in [-0.2, -0.15) is 18.3 Å². The molecule has 1 atom stereocenters. The minimum atomic E-state index is -4.61. The summed E-state index contributed by atoms with van der Waals surface area (Å²) in [5.41, 5.74) is 0. The van der Waals surface area contributed by atoms with Crippen LogP contribution in [0.1, 0.15) is 24.6 Å². The van der Waals surface area contributed by atoms with E-state index in [0.717, 1.165) is 0 Å². The number of carbonyl (C=O) groups is 1. The number of halogens is 3. The van der Waals surface area contributed by atoms with Crippen LogP contribution in [0.15, 0.2) is 18.5 Å². The average Bonchev–Trinajstić information content (AvgIpc) is 3.04. The quantitative estimate of drug-likeness (QED) is 0.874. The molecule has 0 saturated carbocycles. The Balaban J connectivity index is 1.92. The number of rotatable bonds is 4. The lowest BCUT2D eigenvalue weighted by Gasteiger charge is -2.11. The predicted molar refractivity (Wildman–Crippen MR) is 60.2 cm³/mol. The Labute approximate surface area is 111 Å². The average molecular weight is 288 g/mol. The Morgan fingerprint density at radius 1 is 1.55 bits per heavy atom. The molecular formula is C10H11F3N6O. The van der Waals surface area contributed by atoms with Crippen molar-refractivity contribution in [2.24, 2.45) is 0 Å². The molecule has 0 bridgehead atoms. The van der Waals surface area contributed by atoms with Crippen molar-refractivity contribution < 1.29 is 18.0 Å². The summed E-state index contributed by atoms with van der Waals surface area (Å²) < 4.78 is 38.2. The number of carbonyl (C=O) groups excluding carboxylic acids is 1. The van der Waals surface area contributed by atoms with Crippen LogP contribution in [0.4, 0.5) is 13.2 Å². The summed E-state index contributed by atoms with van der Waals surface area (Å²) in [6.45, 7) is 1.44. The van der Waals surface area contributed by atoms with Crippen LogP contribution >= 0.6 is 0 Å². The third-order valence-corrected chi connectivity index (χ3v) is 2.52. The standard InChI is InChI=1S/C10H11F3N6O/c1-6(19-4-2-3-15-19)8(20)14-5-7-16-9(18-17-7)10(11,12)13/h2-4,6H,5H2,1H3,(H,14,20)(H,16,17,18)/t6-/m1/s1. The van der Waals surface area contributed by atoms with Crippen molar-refractivity contribution in [3.63, 3.8) is 0 Å². The van der Waals surface area contributed by atoms with Crippen LogP contribution in [0.3, 0.4) is 0 Å². The highest BCUT2D eigenvalue weighted by molar-refractivity contribution is 5.79. The Morgan fingerprint density at radius 2 is 2.30 bits per heavy atom. The molecule has 0 aliphatic heterocycles. The number of aromatic nitrogens is 5. The predicted octanol–water partition coefficient (Wildman–Crippen LogP) is 0.897. The summed E-state index contributed by atoms with van der Waals surface area (Å²) in [7, 11) is 0. The molecule has 0 aliphatic rings. The molecular weight excluding hydrogens is 277 g/mol. The molecule has 2 rings (SSSR count). The van der Waals surface area contributed by atoms with Gasteiger partial charge in [0.15, 0.2) is 0 Å². The monoisotopic (exact) mass is 288 g/mol. The minimum absolute atomic E-state index is 0.0710. The fraction of sp³-hybridized carbons (Fsp3) is 0.400. The number of alkyl halides is 3. The van der Waals surface area contributed by atoms with E-state index < -0.39 is 23.9 Å². The van der Waals surface area contributed by atoms with E-state index in [4.69, 9.17) is 0 Å². The van der Waals surface area contributed by atoms with Crippen LogP contribution in [-0.2, 0) is 17.5 Å². The van der Waals surface area contributed by atoms with Gasteiger partial charge < -0.3 is 5.32 Å². The first-order chi connectivity index (χ1) is 9.38. The lowest BCUT2D eigenvalue weighted by molar-refractivity contribution is -0.144. The van der Waals surface area contributed by atoms with Gasteiger partial charge in [0, 0.05) is 12.4 Å². The molecule has 1 amide bonds. The SMILES string of the molecule is C[C@H](C(=O)NCc1nc(C(F)(F)F)n[nH]1)n1cccn1. The van der Waals surface area contributed by atoms with Crippen molar-refractivity contribution in [1.82, 2.24) is 30.3 Å². The molecule has 0 radical (unpaired) electrons. The van der Waals surface area contributed by atoms with Gasteiger partial charge in [-0.25, -0.2) is 4.98 Å². The minimum Gasteiger partial charge on any atom is -0.347 e. The van der Waals surface area contributed by atoms with E-state index in [2.05, 4.69) is 25.6 Å². The zero-order valence-electron chi connectivity index (χ0n) is 10.3. The Hall–Kier alpha value is -2.39. The van der Waals surface area contributed by atoms with Gasteiger partial charge >= 0.3 is 6.18 Å². The molecule has 7 nitrogen and oxygen atoms in total. The molecule has 0 aliphatic carbocycles. The van der Waals surface area contributed by atoms with Gasteiger partial charge in [-0.3, -0.25) is 14.6 Å². The fourth-order valence-electron chi connectivity index (χ4n) is 1.45. The van der Waals surface area contributed by atoms with E-state index in [0.29, 0.717) is 0 Å². The van der Waals surface area contributed by atoms with Crippen LogP contribution in [0, 0.1) is 0 Å². The van der Waals surface area contributed by atoms with Gasteiger partial charge in [0.2, 0.25) is 5.91 Å². The molecule has 10 heteroatoms. The van der Waals surface area contributed by atoms with Gasteiger partial charge in [0.05, 0.1) is 6.54 Å². The molecule has 0 unspecified atom stereocenters. The van der Waals surface area contributed by atoms with Gasteiger partial charge in [0.1, 0.15) is 11.9 Å². The van der Waals surface area contributed by atoms with E-state index in [1.54, 1.807) is 19.2 Å². The number of amides is 1. The number of aromatic amines is 1. The third kappa shape index (κ3) is 3.13. The lowest BCUT2D eigenvalue weighted by atomic mass is 10.3. The summed E-state index contributed by atoms with van der Waals surface area (Å²) in [5.74, 6) is -1.72. The molecule has 2 aromatic heterocycles. The first kappa shape index (κ1) is 14.0. The number of nitrogens with zero attached hydrogens (tertiary/aromatic N) is 4. The Bertz CT molecular complexity index is 576. The van der Waals surface area contributed by atoms with E-state index >= 15 is 0 Å². The smallest absolute Gasteiger partial charge is 0.347 e. The van der Waals surface area contributed by atoms with Crippen LogP contribution in [0.25, 0.3) is 0 Å². The second-order valence-corrected chi connectivity index (χ2v) is 3.98. The van der Waals surface area contributed by atoms with E-state index in [-0.39, 0.29) is 12.4 Å². The molecule has 108 valence electrons. The van der Waals surface area contributed by atoms with Crippen molar-refractivity contribution in [2.45, 2.75) is 25.7 Å². The van der Waals surface area contributed by atoms with Crippen molar-refractivity contribution in [1.29, 1.82) is 0 Å². The van der Waals surface area contributed by atoms with Crippen molar-refractivity contribution in [3.8, 4) is 0 Å². The Kier molecular flexibility index (Phi) is 3.72. The van der Waals surface area contributed by atoms with Crippen LogP contribution in [0.5, 0.6) is 0 Å². The molecule has 0 spiro atoms. The number of H-pyrrole nitrogens is 1. The van der Waals surface area contributed by atoms with Crippen LogP contribution in [-0.4, -0.2) is 30.9 Å². The summed E-state index contributed by atoms with van der Waals surface area (Å²) in [6.07, 6.45) is -1.47. The summed E-state index contributed by atoms with van der Waals surface area (Å²) in [6, 6.07) is 1.09. The second-order valence-electron chi connectivity index (χ2n) is 3.98. The summed E-state index contributed by atoms with van der Waals surface area (Å²) >= 11 is 0. The fourth-order valence-corrected chi connectivity index (χ4v) is 1.45. The van der Waals surface area contributed by atoms with Gasteiger partial charge in [-0.05, 0) is 13.0 Å². The largest absolute Gasteiger partial charge is 0.453 e. The zero-order valence-corrected chi connectivity index (χ0v) is 10.3. The highest BCUT2D eigenvalue weighted by Gasteiger charge is 2.36. The summed E-state index contributed by atoms with van der Waals surface area (Å²) in [5, 5.41) is 11.5. The molecule has 0 aromatic carbocycles. The van der Waals surface area contributed by atoms with Crippen molar-refractivity contribution in [3.05, 3.63) is 30.1 Å². The maximum atomic E-state index is 12.3. The van der Waals surface area contributed by atoms with Crippen LogP contribution < -0.4 is 5.32 Å². The maximum absolute atomic E-state index is 12.3. The molecule has 0 fully saturated rings. The first-order valence-corrected chi connectivity index (χ1v) is 5.63. The molecule has 2 N–H and O–H groups in total. The van der Waals surface area contributed by atoms with E-state index in [9.17, 15) is 18.0 Å². The number of nitrogens with one attached hydrogen (secondary N) is 2. The van der Waals surface area contributed by atoms with Gasteiger partial charge in [-0.15, -0.1) is 5.10 Å². The van der Waals surface area contributed by atoms with Gasteiger partial charge in [0.25, 0.3) is 5.82 Å². The van der Waals surface area contributed by atoms with Crippen molar-refractivity contribution >= 4 is 5.91 Å². The highest BCUT2D eigenvalue weighted by atomic mass is 19.4. The van der Waals surface area contributed by atoms with Crippen molar-refractivity contribution in [2.75, 3.05) is 0 Å². The second kappa shape index (κ2) is 5.31. The number of hydrogen-bond donors (Lipinski definition) is 2. The molecule has 20 heavy (non-hydrogen) atoms. The highest BCUT2D eigenvalue weighted by Crippen LogP contribution is 2.25. The normalized spacial score (nSPS) is 13.2. The number of hydrogen-bond acceptors (Lipinski definition) is 4. The summed E-state index contributed by atoms with van der Waals surface area (Å²) in [4.78, 5) is 15.0. The van der Waals surface area contributed by atoms with Gasteiger partial charge in [-0.1, -0.05) is 0 Å². The molecule has 2 heterocycles.